The number of rotatable bonds is 6. The van der Waals surface area contributed by atoms with Crippen molar-refractivity contribution < 1.29 is 23.6 Å². The zero-order chi connectivity index (χ0) is 21.3. The highest BCUT2D eigenvalue weighted by Crippen LogP contribution is 2.28. The fourth-order valence-electron chi connectivity index (χ4n) is 3.93. The highest BCUT2D eigenvalue weighted by molar-refractivity contribution is 7.10. The summed E-state index contributed by atoms with van der Waals surface area (Å²) >= 11 is 1.42. The molecule has 0 unspecified atom stereocenters. The molecule has 1 aromatic heterocycles. The van der Waals surface area contributed by atoms with Gasteiger partial charge >= 0.3 is 17.8 Å². The molecule has 2 aromatic rings. The Kier molecular flexibility index (Phi) is 5.63. The lowest BCUT2D eigenvalue weighted by Crippen LogP contribution is -2.43. The number of urea groups is 1. The molecule has 0 bridgehead atoms. The van der Waals surface area contributed by atoms with Crippen LogP contribution < -0.4 is 5.32 Å². The number of hydrogen-bond acceptors (Lipinski definition) is 5. The number of nitrogens with zero attached hydrogens (tertiary/aromatic N) is 2. The van der Waals surface area contributed by atoms with Crippen LogP contribution in [0.5, 0.6) is 0 Å². The number of hydrogen-bond donors (Lipinski definition) is 1. The van der Waals surface area contributed by atoms with Crippen molar-refractivity contribution in [3.05, 3.63) is 58.0 Å². The highest BCUT2D eigenvalue weighted by Gasteiger charge is 2.48. The van der Waals surface area contributed by atoms with Gasteiger partial charge in [0.15, 0.2) is 0 Å². The van der Waals surface area contributed by atoms with E-state index in [1.54, 1.807) is 12.1 Å². The Morgan fingerprint density at radius 1 is 1.10 bits per heavy atom. The van der Waals surface area contributed by atoms with Crippen LogP contribution in [0.2, 0.25) is 0 Å². The monoisotopic (exact) mass is 429 g/mol. The molecule has 1 atom stereocenters. The van der Waals surface area contributed by atoms with E-state index in [1.165, 1.54) is 23.5 Å². The molecule has 4 rings (SSSR count). The van der Waals surface area contributed by atoms with Crippen LogP contribution in [0.15, 0.2) is 41.8 Å². The number of carbonyl (C=O) groups excluding carboxylic acids is 4. The van der Waals surface area contributed by atoms with E-state index in [0.29, 0.717) is 23.3 Å². The molecule has 7 nitrogen and oxygen atoms in total. The molecule has 156 valence electrons. The number of carbonyl (C=O) groups is 4. The lowest BCUT2D eigenvalue weighted by Gasteiger charge is -2.22. The number of halogens is 1. The van der Waals surface area contributed by atoms with Gasteiger partial charge in [0.05, 0.1) is 6.04 Å². The van der Waals surface area contributed by atoms with Crippen LogP contribution >= 0.6 is 11.3 Å². The molecule has 1 saturated carbocycles. The topological polar surface area (TPSA) is 86.8 Å². The molecule has 5 amide bonds. The van der Waals surface area contributed by atoms with Crippen LogP contribution in [0, 0.1) is 5.82 Å². The summed E-state index contributed by atoms with van der Waals surface area (Å²) in [4.78, 5) is 52.5. The fourth-order valence-corrected chi connectivity index (χ4v) is 4.73. The molecule has 2 heterocycles. The third-order valence-corrected chi connectivity index (χ3v) is 6.35. The van der Waals surface area contributed by atoms with Gasteiger partial charge in [0.2, 0.25) is 5.91 Å². The van der Waals surface area contributed by atoms with E-state index < -0.39 is 42.2 Å². The van der Waals surface area contributed by atoms with Crippen molar-refractivity contribution in [1.82, 2.24) is 15.1 Å². The van der Waals surface area contributed by atoms with Gasteiger partial charge in [0, 0.05) is 10.9 Å². The summed E-state index contributed by atoms with van der Waals surface area (Å²) in [5.41, 5.74) is 0.662. The van der Waals surface area contributed by atoms with Crippen LogP contribution in [-0.4, -0.2) is 46.1 Å². The molecule has 9 heteroatoms. The zero-order valence-electron chi connectivity index (χ0n) is 16.0. The van der Waals surface area contributed by atoms with E-state index in [1.807, 2.05) is 17.5 Å². The second-order valence-corrected chi connectivity index (χ2v) is 8.33. The van der Waals surface area contributed by atoms with E-state index in [9.17, 15) is 23.6 Å². The van der Waals surface area contributed by atoms with Gasteiger partial charge in [-0.2, -0.15) is 0 Å². The van der Waals surface area contributed by atoms with E-state index in [-0.39, 0.29) is 6.04 Å². The fraction of sp³-hybridized carbons (Fsp3) is 0.333. The lowest BCUT2D eigenvalue weighted by molar-refractivity contribution is -0.144. The Balaban J connectivity index is 1.49. The highest BCUT2D eigenvalue weighted by atomic mass is 32.1. The normalized spacial score (nSPS) is 18.4. The van der Waals surface area contributed by atoms with E-state index in [2.05, 4.69) is 5.32 Å². The first-order valence-electron chi connectivity index (χ1n) is 9.73. The van der Waals surface area contributed by atoms with Crippen molar-refractivity contribution in [2.24, 2.45) is 0 Å². The van der Waals surface area contributed by atoms with Crippen molar-refractivity contribution in [1.29, 1.82) is 0 Å². The Bertz CT molecular complexity index is 971. The second kappa shape index (κ2) is 8.35. The molecule has 1 aliphatic heterocycles. The summed E-state index contributed by atoms with van der Waals surface area (Å²) in [7, 11) is 0. The summed E-state index contributed by atoms with van der Waals surface area (Å²) in [5.74, 6) is -2.82. The Labute approximate surface area is 176 Å². The SMILES string of the molecule is O=C(CN1C(=O)C(=O)N(C2CCCC2)C1=O)N[C@@H](c1ccc(F)cc1)c1cccs1. The van der Waals surface area contributed by atoms with Gasteiger partial charge in [-0.3, -0.25) is 19.3 Å². The Morgan fingerprint density at radius 3 is 2.43 bits per heavy atom. The number of imide groups is 2. The van der Waals surface area contributed by atoms with E-state index >= 15 is 0 Å². The van der Waals surface area contributed by atoms with Crippen LogP contribution in [0.1, 0.15) is 42.2 Å². The first-order valence-corrected chi connectivity index (χ1v) is 10.6. The maximum Gasteiger partial charge on any atom is 0.334 e. The third kappa shape index (κ3) is 3.85. The molecule has 1 saturated heterocycles. The zero-order valence-corrected chi connectivity index (χ0v) is 16.9. The first-order chi connectivity index (χ1) is 14.5. The average Bonchev–Trinajstić information content (AvgIpc) is 3.47. The van der Waals surface area contributed by atoms with Gasteiger partial charge in [0.25, 0.3) is 0 Å². The summed E-state index contributed by atoms with van der Waals surface area (Å²) < 4.78 is 13.3. The summed E-state index contributed by atoms with van der Waals surface area (Å²) in [6.45, 7) is -0.546. The summed E-state index contributed by atoms with van der Waals surface area (Å²) in [6, 6.07) is 7.82. The second-order valence-electron chi connectivity index (χ2n) is 7.35. The minimum Gasteiger partial charge on any atom is -0.343 e. The van der Waals surface area contributed by atoms with Gasteiger partial charge in [-0.05, 0) is 42.0 Å². The molecule has 1 aliphatic carbocycles. The van der Waals surface area contributed by atoms with Gasteiger partial charge in [-0.25, -0.2) is 14.1 Å². The smallest absolute Gasteiger partial charge is 0.334 e. The minimum atomic E-state index is -0.975. The molecular formula is C21H20FN3O4S. The first kappa shape index (κ1) is 20.2. The Morgan fingerprint density at radius 2 is 1.80 bits per heavy atom. The predicted molar refractivity (Wildman–Crippen MR) is 107 cm³/mol. The molecular weight excluding hydrogens is 409 g/mol. The van der Waals surface area contributed by atoms with E-state index in [4.69, 9.17) is 0 Å². The standard InChI is InChI=1S/C21H20FN3O4S/c22-14-9-7-13(8-10-14)18(16-6-3-11-30-16)23-17(26)12-24-19(27)20(28)25(21(24)29)15-4-1-2-5-15/h3,6-11,15,18H,1-2,4-5,12H2,(H,23,26)/t18-/m0/s1. The van der Waals surface area contributed by atoms with Crippen LogP contribution in [-0.2, 0) is 14.4 Å². The van der Waals surface area contributed by atoms with Gasteiger partial charge < -0.3 is 5.32 Å². The van der Waals surface area contributed by atoms with Crippen molar-refractivity contribution in [2.45, 2.75) is 37.8 Å². The van der Waals surface area contributed by atoms with Crippen LogP contribution in [0.25, 0.3) is 0 Å². The molecule has 0 spiro atoms. The van der Waals surface area contributed by atoms with E-state index in [0.717, 1.165) is 22.6 Å². The largest absolute Gasteiger partial charge is 0.343 e. The third-order valence-electron chi connectivity index (χ3n) is 5.41. The molecule has 1 N–H and O–H groups in total. The molecule has 30 heavy (non-hydrogen) atoms. The number of amides is 5. The number of nitrogens with one attached hydrogen (secondary N) is 1. The predicted octanol–water partition coefficient (Wildman–Crippen LogP) is 2.83. The van der Waals surface area contributed by atoms with Gasteiger partial charge in [-0.15, -0.1) is 11.3 Å². The van der Waals surface area contributed by atoms with Gasteiger partial charge in [0.1, 0.15) is 12.4 Å². The van der Waals surface area contributed by atoms with Crippen molar-refractivity contribution in [3.63, 3.8) is 0 Å². The Hall–Kier alpha value is -3.07. The quantitative estimate of drug-likeness (QED) is 0.565. The van der Waals surface area contributed by atoms with Crippen molar-refractivity contribution in [3.8, 4) is 0 Å². The maximum absolute atomic E-state index is 13.3. The molecule has 2 aliphatic rings. The molecule has 1 aromatic carbocycles. The summed E-state index contributed by atoms with van der Waals surface area (Å²) in [5, 5.41) is 4.65. The minimum absolute atomic E-state index is 0.278. The van der Waals surface area contributed by atoms with Crippen LogP contribution in [0.4, 0.5) is 9.18 Å². The lowest BCUT2D eigenvalue weighted by atomic mass is 10.1. The van der Waals surface area contributed by atoms with Gasteiger partial charge in [-0.1, -0.05) is 31.0 Å². The van der Waals surface area contributed by atoms with Crippen LogP contribution in [0.3, 0.4) is 0 Å². The average molecular weight is 429 g/mol. The molecule has 2 fully saturated rings. The molecule has 0 radical (unpaired) electrons. The van der Waals surface area contributed by atoms with Crippen molar-refractivity contribution in [2.75, 3.05) is 6.54 Å². The van der Waals surface area contributed by atoms with Crippen molar-refractivity contribution >= 4 is 35.1 Å². The number of benzene rings is 1. The number of thiophene rings is 1. The summed E-state index contributed by atoms with van der Waals surface area (Å²) in [6.07, 6.45) is 3.15. The maximum atomic E-state index is 13.3.